The van der Waals surface area contributed by atoms with Gasteiger partial charge in [-0.25, -0.2) is 0 Å². The smallest absolute Gasteiger partial charge is 0.251 e. The Hall–Kier alpha value is -1.84. The van der Waals surface area contributed by atoms with Crippen LogP contribution in [0.3, 0.4) is 0 Å². The van der Waals surface area contributed by atoms with Crippen molar-refractivity contribution in [3.8, 4) is 11.1 Å². The molecular weight excluding hydrogens is 286 g/mol. The van der Waals surface area contributed by atoms with E-state index in [9.17, 15) is 4.79 Å². The van der Waals surface area contributed by atoms with Crippen LogP contribution in [0.15, 0.2) is 42.5 Å². The number of halogens is 1. The third-order valence-corrected chi connectivity index (χ3v) is 3.41. The average Bonchev–Trinajstić information content (AvgIpc) is 2.49. The maximum atomic E-state index is 11.9. The zero-order valence-electron chi connectivity index (χ0n) is 12.2. The average molecular weight is 304 g/mol. The molecule has 2 rings (SSSR count). The third kappa shape index (κ3) is 3.84. The van der Waals surface area contributed by atoms with E-state index in [0.29, 0.717) is 23.7 Å². The Morgan fingerprint density at radius 1 is 1.19 bits per heavy atom. The predicted octanol–water partition coefficient (Wildman–Crippen LogP) is 3.90. The van der Waals surface area contributed by atoms with Crippen LogP contribution >= 0.6 is 11.6 Å². The molecule has 0 atom stereocenters. The maximum Gasteiger partial charge on any atom is 0.251 e. The molecule has 0 aliphatic rings. The van der Waals surface area contributed by atoms with Crippen molar-refractivity contribution in [2.45, 2.75) is 13.5 Å². The van der Waals surface area contributed by atoms with Crippen molar-refractivity contribution in [1.82, 2.24) is 5.32 Å². The number of rotatable bonds is 5. The molecule has 0 aliphatic carbocycles. The van der Waals surface area contributed by atoms with Gasteiger partial charge in [0.25, 0.3) is 5.91 Å². The number of methoxy groups -OCH3 is 1. The summed E-state index contributed by atoms with van der Waals surface area (Å²) >= 11 is 5.92. The number of carbonyl (C=O) groups is 1. The van der Waals surface area contributed by atoms with Crippen LogP contribution in [0.25, 0.3) is 11.1 Å². The van der Waals surface area contributed by atoms with E-state index < -0.39 is 0 Å². The molecule has 110 valence electrons. The number of benzene rings is 2. The van der Waals surface area contributed by atoms with Gasteiger partial charge in [0.1, 0.15) is 0 Å². The SMILES string of the molecule is CCNC(=O)c1ccc(-c2ccc(Cl)cc2)c(COC)c1. The number of ether oxygens (including phenoxy) is 1. The van der Waals surface area contributed by atoms with Gasteiger partial charge in [0.05, 0.1) is 6.61 Å². The van der Waals surface area contributed by atoms with Crippen molar-refractivity contribution < 1.29 is 9.53 Å². The van der Waals surface area contributed by atoms with E-state index in [4.69, 9.17) is 16.3 Å². The molecule has 0 saturated carbocycles. The summed E-state index contributed by atoms with van der Waals surface area (Å²) in [6.45, 7) is 2.96. The Morgan fingerprint density at radius 3 is 2.52 bits per heavy atom. The molecule has 0 spiro atoms. The molecule has 1 N–H and O–H groups in total. The molecule has 2 aromatic carbocycles. The normalized spacial score (nSPS) is 10.4. The summed E-state index contributed by atoms with van der Waals surface area (Å²) in [5.41, 5.74) is 3.71. The Kier molecular flexibility index (Phi) is 5.37. The number of carbonyl (C=O) groups excluding carboxylic acids is 1. The number of hydrogen-bond acceptors (Lipinski definition) is 2. The van der Waals surface area contributed by atoms with Gasteiger partial charge in [-0.2, -0.15) is 0 Å². The van der Waals surface area contributed by atoms with E-state index in [1.807, 2.05) is 49.4 Å². The standard InChI is InChI=1S/C17H18ClNO2/c1-3-19-17(20)13-6-9-16(14(10-13)11-21-2)12-4-7-15(18)8-5-12/h4-10H,3,11H2,1-2H3,(H,19,20). The minimum Gasteiger partial charge on any atom is -0.380 e. The van der Waals surface area contributed by atoms with Crippen LogP contribution in [0.5, 0.6) is 0 Å². The Morgan fingerprint density at radius 2 is 1.90 bits per heavy atom. The first-order chi connectivity index (χ1) is 10.2. The van der Waals surface area contributed by atoms with Gasteiger partial charge in [-0.3, -0.25) is 4.79 Å². The van der Waals surface area contributed by atoms with Gasteiger partial charge in [-0.15, -0.1) is 0 Å². The fraction of sp³-hybridized carbons (Fsp3) is 0.235. The molecule has 0 unspecified atom stereocenters. The van der Waals surface area contributed by atoms with E-state index in [1.165, 1.54) is 0 Å². The van der Waals surface area contributed by atoms with Crippen LogP contribution in [0.2, 0.25) is 5.02 Å². The molecule has 4 heteroatoms. The van der Waals surface area contributed by atoms with Gasteiger partial charge in [0.2, 0.25) is 0 Å². The topological polar surface area (TPSA) is 38.3 Å². The zero-order valence-corrected chi connectivity index (χ0v) is 12.9. The summed E-state index contributed by atoms with van der Waals surface area (Å²) in [7, 11) is 1.64. The van der Waals surface area contributed by atoms with Gasteiger partial charge in [-0.1, -0.05) is 29.8 Å². The summed E-state index contributed by atoms with van der Waals surface area (Å²) in [5.74, 6) is -0.0718. The quantitative estimate of drug-likeness (QED) is 0.909. The van der Waals surface area contributed by atoms with Crippen molar-refractivity contribution in [1.29, 1.82) is 0 Å². The van der Waals surface area contributed by atoms with Crippen molar-refractivity contribution >= 4 is 17.5 Å². The molecule has 0 fully saturated rings. The lowest BCUT2D eigenvalue weighted by atomic mass is 9.97. The molecule has 0 bridgehead atoms. The largest absolute Gasteiger partial charge is 0.380 e. The first kappa shape index (κ1) is 15.5. The number of nitrogens with one attached hydrogen (secondary N) is 1. The molecule has 21 heavy (non-hydrogen) atoms. The highest BCUT2D eigenvalue weighted by atomic mass is 35.5. The lowest BCUT2D eigenvalue weighted by Crippen LogP contribution is -2.22. The Balaban J connectivity index is 2.41. The molecule has 0 saturated heterocycles. The van der Waals surface area contributed by atoms with E-state index >= 15 is 0 Å². The first-order valence-electron chi connectivity index (χ1n) is 6.81. The van der Waals surface area contributed by atoms with E-state index in [-0.39, 0.29) is 5.91 Å². The van der Waals surface area contributed by atoms with Crippen LogP contribution < -0.4 is 5.32 Å². The predicted molar refractivity (Wildman–Crippen MR) is 85.6 cm³/mol. The summed E-state index contributed by atoms with van der Waals surface area (Å²) in [6, 6.07) is 13.3. The summed E-state index contributed by atoms with van der Waals surface area (Å²) in [4.78, 5) is 11.9. The highest BCUT2D eigenvalue weighted by Gasteiger charge is 2.10. The van der Waals surface area contributed by atoms with Gasteiger partial charge in [-0.05, 0) is 47.9 Å². The molecule has 0 aromatic heterocycles. The fourth-order valence-corrected chi connectivity index (χ4v) is 2.31. The second-order valence-corrected chi connectivity index (χ2v) is 5.11. The lowest BCUT2D eigenvalue weighted by Gasteiger charge is -2.12. The van der Waals surface area contributed by atoms with Crippen molar-refractivity contribution in [3.05, 3.63) is 58.6 Å². The maximum absolute atomic E-state index is 11.9. The van der Waals surface area contributed by atoms with Crippen molar-refractivity contribution in [2.75, 3.05) is 13.7 Å². The van der Waals surface area contributed by atoms with Crippen LogP contribution in [0, 0.1) is 0 Å². The summed E-state index contributed by atoms with van der Waals surface area (Å²) < 4.78 is 5.25. The molecule has 0 heterocycles. The van der Waals surface area contributed by atoms with Crippen LogP contribution in [-0.2, 0) is 11.3 Å². The van der Waals surface area contributed by atoms with Gasteiger partial charge in [0, 0.05) is 24.2 Å². The summed E-state index contributed by atoms with van der Waals surface area (Å²) in [5, 5.41) is 3.50. The highest BCUT2D eigenvalue weighted by molar-refractivity contribution is 6.30. The van der Waals surface area contributed by atoms with Gasteiger partial charge in [0.15, 0.2) is 0 Å². The van der Waals surface area contributed by atoms with E-state index in [1.54, 1.807) is 7.11 Å². The number of hydrogen-bond donors (Lipinski definition) is 1. The molecule has 0 aliphatic heterocycles. The van der Waals surface area contributed by atoms with Gasteiger partial charge < -0.3 is 10.1 Å². The van der Waals surface area contributed by atoms with Crippen LogP contribution in [0.4, 0.5) is 0 Å². The zero-order chi connectivity index (χ0) is 15.2. The second kappa shape index (κ2) is 7.25. The minimum atomic E-state index is -0.0718. The van der Waals surface area contributed by atoms with Gasteiger partial charge >= 0.3 is 0 Å². The molecule has 2 aromatic rings. The third-order valence-electron chi connectivity index (χ3n) is 3.16. The monoisotopic (exact) mass is 303 g/mol. The first-order valence-corrected chi connectivity index (χ1v) is 7.19. The van der Waals surface area contributed by atoms with Crippen molar-refractivity contribution in [2.24, 2.45) is 0 Å². The molecule has 0 radical (unpaired) electrons. The van der Waals surface area contributed by atoms with Crippen LogP contribution in [-0.4, -0.2) is 19.6 Å². The number of amides is 1. The summed E-state index contributed by atoms with van der Waals surface area (Å²) in [6.07, 6.45) is 0. The second-order valence-electron chi connectivity index (χ2n) is 4.67. The molecule has 3 nitrogen and oxygen atoms in total. The van der Waals surface area contributed by atoms with E-state index in [2.05, 4.69) is 5.32 Å². The van der Waals surface area contributed by atoms with Crippen LogP contribution in [0.1, 0.15) is 22.8 Å². The minimum absolute atomic E-state index is 0.0718. The molecule has 1 amide bonds. The van der Waals surface area contributed by atoms with E-state index in [0.717, 1.165) is 16.7 Å². The Bertz CT molecular complexity index is 623. The van der Waals surface area contributed by atoms with Crippen molar-refractivity contribution in [3.63, 3.8) is 0 Å². The highest BCUT2D eigenvalue weighted by Crippen LogP contribution is 2.26. The molecular formula is C17H18ClNO2. The lowest BCUT2D eigenvalue weighted by molar-refractivity contribution is 0.0955. The Labute approximate surface area is 129 Å². The fourth-order valence-electron chi connectivity index (χ4n) is 2.18.